The number of likely N-dealkylation sites (tertiary alicyclic amines) is 1. The summed E-state index contributed by atoms with van der Waals surface area (Å²) in [5.74, 6) is 0.796. The molecule has 37 heavy (non-hydrogen) atoms. The van der Waals surface area contributed by atoms with Crippen molar-refractivity contribution in [1.29, 1.82) is 0 Å². The summed E-state index contributed by atoms with van der Waals surface area (Å²) >= 11 is 8.20. The molecule has 1 saturated heterocycles. The highest BCUT2D eigenvalue weighted by Crippen LogP contribution is 2.44. The van der Waals surface area contributed by atoms with Gasteiger partial charge in [-0.2, -0.15) is 0 Å². The molecule has 0 radical (unpaired) electrons. The zero-order valence-electron chi connectivity index (χ0n) is 21.0. The summed E-state index contributed by atoms with van der Waals surface area (Å²) in [6.45, 7) is 2.64. The van der Waals surface area contributed by atoms with Crippen molar-refractivity contribution in [3.8, 4) is 5.75 Å². The van der Waals surface area contributed by atoms with Crippen molar-refractivity contribution >= 4 is 40.2 Å². The number of alkyl halides is 1. The number of fused-ring (bicyclic) bond motifs is 1. The fraction of sp³-hybridized carbons (Fsp3) is 0.464. The number of methoxy groups -OCH3 is 1. The van der Waals surface area contributed by atoms with Gasteiger partial charge in [-0.25, -0.2) is 4.39 Å². The standard InChI is InChI=1S/C28H33ClFN3O3S/c1-36-20-5-6-25-22(16-20)27(23(29)19-32-25)24(30)7-8-28(17-26(34)35)9-13-33(14-10-28)12-3-15-37-21-4-2-11-31-18-21/h2,4-6,11,16,18-19,24H,3,7-10,12-15,17H2,1H3,(H,34,35). The minimum absolute atomic E-state index is 0.0586. The minimum atomic E-state index is -1.32. The van der Waals surface area contributed by atoms with E-state index in [1.807, 2.05) is 12.3 Å². The lowest BCUT2D eigenvalue weighted by Crippen LogP contribution is -2.41. The number of carboxylic acids is 1. The first-order chi connectivity index (χ1) is 17.9. The number of hydrogen-bond acceptors (Lipinski definition) is 6. The second kappa shape index (κ2) is 12.9. The van der Waals surface area contributed by atoms with Crippen LogP contribution in [0.2, 0.25) is 5.02 Å². The Morgan fingerprint density at radius 3 is 2.81 bits per heavy atom. The van der Waals surface area contributed by atoms with E-state index in [9.17, 15) is 9.90 Å². The third kappa shape index (κ3) is 7.33. The number of halogens is 2. The second-order valence-corrected chi connectivity index (χ2v) is 11.3. The zero-order valence-corrected chi connectivity index (χ0v) is 22.6. The highest BCUT2D eigenvalue weighted by atomic mass is 35.5. The number of piperidine rings is 1. The van der Waals surface area contributed by atoms with Gasteiger partial charge in [0.05, 0.1) is 24.1 Å². The molecular formula is C28H33ClFN3O3S. The number of carboxylic acid groups (broad SMARTS) is 1. The molecule has 2 aromatic heterocycles. The van der Waals surface area contributed by atoms with Gasteiger partial charge in [-0.15, -0.1) is 11.8 Å². The number of benzene rings is 1. The van der Waals surface area contributed by atoms with Crippen LogP contribution in [0.1, 0.15) is 50.3 Å². The Balaban J connectivity index is 1.35. The molecule has 1 aliphatic rings. The number of thioether (sulfide) groups is 1. The number of ether oxygens (including phenoxy) is 1. The van der Waals surface area contributed by atoms with Crippen LogP contribution in [0.25, 0.3) is 10.9 Å². The fourth-order valence-corrected chi connectivity index (χ4v) is 6.28. The van der Waals surface area contributed by atoms with E-state index in [4.69, 9.17) is 16.3 Å². The predicted octanol–water partition coefficient (Wildman–Crippen LogP) is 6.82. The summed E-state index contributed by atoms with van der Waals surface area (Å²) < 4.78 is 21.0. The van der Waals surface area contributed by atoms with Crippen molar-refractivity contribution in [2.24, 2.45) is 5.41 Å². The lowest BCUT2D eigenvalue weighted by molar-refractivity contribution is -0.141. The molecule has 0 spiro atoms. The molecule has 0 amide bonds. The third-order valence-electron chi connectivity index (χ3n) is 7.27. The van der Waals surface area contributed by atoms with Gasteiger partial charge in [0, 0.05) is 34.4 Å². The maximum absolute atomic E-state index is 15.7. The van der Waals surface area contributed by atoms with E-state index in [1.54, 1.807) is 43.3 Å². The van der Waals surface area contributed by atoms with Gasteiger partial charge >= 0.3 is 5.97 Å². The summed E-state index contributed by atoms with van der Waals surface area (Å²) in [6, 6.07) is 9.34. The number of carbonyl (C=O) groups is 1. The molecule has 0 bridgehead atoms. The molecule has 3 heterocycles. The van der Waals surface area contributed by atoms with Gasteiger partial charge in [0.15, 0.2) is 0 Å². The molecule has 0 saturated carbocycles. The molecule has 1 aliphatic heterocycles. The van der Waals surface area contributed by atoms with E-state index >= 15 is 4.39 Å². The number of pyridine rings is 2. The van der Waals surface area contributed by atoms with Crippen molar-refractivity contribution in [3.63, 3.8) is 0 Å². The van der Waals surface area contributed by atoms with E-state index in [0.717, 1.165) is 44.6 Å². The summed E-state index contributed by atoms with van der Waals surface area (Å²) in [6.07, 6.45) is 7.13. The predicted molar refractivity (Wildman–Crippen MR) is 146 cm³/mol. The molecule has 3 aromatic rings. The molecule has 0 aliphatic carbocycles. The van der Waals surface area contributed by atoms with Gasteiger partial charge < -0.3 is 14.7 Å². The number of aliphatic carboxylic acids is 1. The molecule has 9 heteroatoms. The molecule has 1 unspecified atom stereocenters. The van der Waals surface area contributed by atoms with Crippen LogP contribution in [0.5, 0.6) is 5.75 Å². The van der Waals surface area contributed by atoms with E-state index in [0.29, 0.717) is 28.6 Å². The summed E-state index contributed by atoms with van der Waals surface area (Å²) in [5.41, 5.74) is 0.641. The molecular weight excluding hydrogens is 513 g/mol. The highest BCUT2D eigenvalue weighted by molar-refractivity contribution is 7.99. The first-order valence-corrected chi connectivity index (χ1v) is 14.0. The zero-order chi connectivity index (χ0) is 26.3. The Bertz CT molecular complexity index is 1190. The summed E-state index contributed by atoms with van der Waals surface area (Å²) in [7, 11) is 1.56. The summed E-state index contributed by atoms with van der Waals surface area (Å²) in [4.78, 5) is 23.8. The molecule has 1 aromatic carbocycles. The number of rotatable bonds is 12. The van der Waals surface area contributed by atoms with Gasteiger partial charge in [0.2, 0.25) is 0 Å². The quantitative estimate of drug-likeness (QED) is 0.197. The first kappa shape index (κ1) is 27.6. The van der Waals surface area contributed by atoms with Crippen molar-refractivity contribution < 1.29 is 19.0 Å². The van der Waals surface area contributed by atoms with Gasteiger partial charge in [-0.3, -0.25) is 14.8 Å². The van der Waals surface area contributed by atoms with Crippen molar-refractivity contribution in [1.82, 2.24) is 14.9 Å². The van der Waals surface area contributed by atoms with Crippen molar-refractivity contribution in [2.45, 2.75) is 49.6 Å². The van der Waals surface area contributed by atoms with Crippen LogP contribution in [0.3, 0.4) is 0 Å². The van der Waals surface area contributed by atoms with Crippen LogP contribution in [0.4, 0.5) is 4.39 Å². The largest absolute Gasteiger partial charge is 0.497 e. The fourth-order valence-electron chi connectivity index (χ4n) is 5.19. The Kier molecular flexibility index (Phi) is 9.62. The molecule has 1 N–H and O–H groups in total. The van der Waals surface area contributed by atoms with Crippen LogP contribution >= 0.6 is 23.4 Å². The molecule has 6 nitrogen and oxygen atoms in total. The monoisotopic (exact) mass is 545 g/mol. The lowest BCUT2D eigenvalue weighted by Gasteiger charge is -2.41. The Hall–Kier alpha value is -2.42. The number of hydrogen-bond donors (Lipinski definition) is 1. The lowest BCUT2D eigenvalue weighted by atomic mass is 9.71. The normalized spacial score (nSPS) is 16.5. The average molecular weight is 546 g/mol. The minimum Gasteiger partial charge on any atom is -0.497 e. The Morgan fingerprint density at radius 2 is 2.11 bits per heavy atom. The highest BCUT2D eigenvalue weighted by Gasteiger charge is 2.37. The number of aromatic nitrogens is 2. The van der Waals surface area contributed by atoms with Gasteiger partial charge in [0.25, 0.3) is 0 Å². The van der Waals surface area contributed by atoms with Gasteiger partial charge in [-0.05, 0) is 93.2 Å². The smallest absolute Gasteiger partial charge is 0.303 e. The van der Waals surface area contributed by atoms with E-state index in [2.05, 4.69) is 20.9 Å². The summed E-state index contributed by atoms with van der Waals surface area (Å²) in [5, 5.41) is 10.6. The van der Waals surface area contributed by atoms with Gasteiger partial charge in [0.1, 0.15) is 11.9 Å². The van der Waals surface area contributed by atoms with Crippen LogP contribution in [0, 0.1) is 5.41 Å². The maximum Gasteiger partial charge on any atom is 0.303 e. The SMILES string of the molecule is COc1ccc2ncc(Cl)c(C(F)CCC3(CC(=O)O)CCN(CCCSc4cccnc4)CC3)c2c1. The number of nitrogens with zero attached hydrogens (tertiary/aromatic N) is 3. The maximum atomic E-state index is 15.7. The van der Waals surface area contributed by atoms with Crippen molar-refractivity contribution in [2.75, 3.05) is 32.5 Å². The second-order valence-electron chi connectivity index (χ2n) is 9.71. The molecule has 4 rings (SSSR count). The van der Waals surface area contributed by atoms with Crippen molar-refractivity contribution in [3.05, 3.63) is 59.5 Å². The van der Waals surface area contributed by atoms with Gasteiger partial charge in [-0.1, -0.05) is 11.6 Å². The third-order valence-corrected chi connectivity index (χ3v) is 8.64. The van der Waals surface area contributed by atoms with E-state index in [1.165, 1.54) is 11.1 Å². The Morgan fingerprint density at radius 1 is 1.30 bits per heavy atom. The average Bonchev–Trinajstić information content (AvgIpc) is 2.90. The van der Waals surface area contributed by atoms with Crippen LogP contribution in [-0.2, 0) is 4.79 Å². The molecule has 1 atom stereocenters. The Labute approximate surface area is 226 Å². The van der Waals surface area contributed by atoms with Crippen LogP contribution in [0.15, 0.2) is 53.8 Å². The topological polar surface area (TPSA) is 75.6 Å². The first-order valence-electron chi connectivity index (χ1n) is 12.6. The van der Waals surface area contributed by atoms with Crippen LogP contribution in [-0.4, -0.2) is 58.4 Å². The molecule has 198 valence electrons. The van der Waals surface area contributed by atoms with Crippen LogP contribution < -0.4 is 4.74 Å². The van der Waals surface area contributed by atoms with E-state index < -0.39 is 17.6 Å². The van der Waals surface area contributed by atoms with E-state index in [-0.39, 0.29) is 17.9 Å². The molecule has 1 fully saturated rings.